The predicted molar refractivity (Wildman–Crippen MR) is 124 cm³/mol. The first-order chi connectivity index (χ1) is 13.9. The Morgan fingerprint density at radius 1 is 1.10 bits per heavy atom. The van der Waals surface area contributed by atoms with Crippen molar-refractivity contribution in [3.8, 4) is 0 Å². The second kappa shape index (κ2) is 14.8. The molecule has 2 unspecified atom stereocenters. The van der Waals surface area contributed by atoms with Crippen molar-refractivity contribution in [3.63, 3.8) is 0 Å². The van der Waals surface area contributed by atoms with Gasteiger partial charge in [0.25, 0.3) is 0 Å². The second-order valence-electron chi connectivity index (χ2n) is 8.12. The van der Waals surface area contributed by atoms with Crippen LogP contribution in [-0.2, 0) is 11.2 Å². The van der Waals surface area contributed by atoms with E-state index in [2.05, 4.69) is 67.7 Å². The Morgan fingerprint density at radius 3 is 2.52 bits per heavy atom. The van der Waals surface area contributed by atoms with Crippen LogP contribution in [0, 0.1) is 5.92 Å². The molecule has 1 aromatic carbocycles. The Kier molecular flexibility index (Phi) is 12.7. The molecule has 2 N–H and O–H groups in total. The number of benzene rings is 1. The highest BCUT2D eigenvalue weighted by atomic mass is 16.3. The number of aliphatic hydroxyl groups excluding tert-OH is 1. The summed E-state index contributed by atoms with van der Waals surface area (Å²) >= 11 is 0. The second-order valence-corrected chi connectivity index (χ2v) is 8.12. The summed E-state index contributed by atoms with van der Waals surface area (Å²) in [5.41, 5.74) is 3.44. The summed E-state index contributed by atoms with van der Waals surface area (Å²) in [6.45, 7) is 8.05. The van der Waals surface area contributed by atoms with Gasteiger partial charge in [-0.15, -0.1) is 0 Å². The maximum absolute atomic E-state index is 11.9. The van der Waals surface area contributed by atoms with E-state index < -0.39 is 0 Å². The maximum atomic E-state index is 11.9. The average molecular weight is 398 g/mol. The van der Waals surface area contributed by atoms with E-state index in [1.165, 1.54) is 24.0 Å². The Bertz CT molecular complexity index is 673. The first kappa shape index (κ1) is 24.9. The average Bonchev–Trinajstić information content (AvgIpc) is 2.71. The van der Waals surface area contributed by atoms with E-state index in [1.807, 2.05) is 13.0 Å². The molecule has 0 bridgehead atoms. The SMILES string of the molecule is CC(=CCC=C(C)C(=O)NC(C)CO)CCCC(C)CC=CCc1ccccc1. The lowest BCUT2D eigenvalue weighted by atomic mass is 9.98. The van der Waals surface area contributed by atoms with Crippen molar-refractivity contribution >= 4 is 5.91 Å². The van der Waals surface area contributed by atoms with E-state index in [0.29, 0.717) is 11.5 Å². The molecule has 0 spiro atoms. The lowest BCUT2D eigenvalue weighted by Gasteiger charge is -2.10. The summed E-state index contributed by atoms with van der Waals surface area (Å²) in [5.74, 6) is 0.598. The smallest absolute Gasteiger partial charge is 0.246 e. The molecule has 0 saturated carbocycles. The van der Waals surface area contributed by atoms with Crippen molar-refractivity contribution in [1.82, 2.24) is 5.32 Å². The molecule has 3 nitrogen and oxygen atoms in total. The van der Waals surface area contributed by atoms with Gasteiger partial charge in [0, 0.05) is 11.6 Å². The minimum absolute atomic E-state index is 0.0424. The zero-order valence-corrected chi connectivity index (χ0v) is 18.7. The fourth-order valence-corrected chi connectivity index (χ4v) is 3.02. The largest absolute Gasteiger partial charge is 0.394 e. The van der Waals surface area contributed by atoms with E-state index in [4.69, 9.17) is 5.11 Å². The molecule has 0 heterocycles. The first-order valence-corrected chi connectivity index (χ1v) is 10.8. The lowest BCUT2D eigenvalue weighted by molar-refractivity contribution is -0.118. The van der Waals surface area contributed by atoms with Gasteiger partial charge in [-0.05, 0) is 64.4 Å². The minimum Gasteiger partial charge on any atom is -0.394 e. The topological polar surface area (TPSA) is 49.3 Å². The molecule has 0 fully saturated rings. The number of nitrogens with one attached hydrogen (secondary N) is 1. The van der Waals surface area contributed by atoms with Crippen LogP contribution in [0.25, 0.3) is 0 Å². The summed E-state index contributed by atoms with van der Waals surface area (Å²) in [7, 11) is 0. The molecule has 1 rings (SSSR count). The zero-order chi connectivity index (χ0) is 21.5. The first-order valence-electron chi connectivity index (χ1n) is 10.8. The van der Waals surface area contributed by atoms with Gasteiger partial charge in [-0.1, -0.05) is 73.6 Å². The van der Waals surface area contributed by atoms with Crippen LogP contribution >= 0.6 is 0 Å². The van der Waals surface area contributed by atoms with Gasteiger partial charge in [-0.3, -0.25) is 4.79 Å². The predicted octanol–water partition coefficient (Wildman–Crippen LogP) is 5.76. The Hall–Kier alpha value is -2.13. The summed E-state index contributed by atoms with van der Waals surface area (Å²) in [6, 6.07) is 10.4. The number of aliphatic hydroxyl groups is 1. The van der Waals surface area contributed by atoms with Crippen molar-refractivity contribution in [1.29, 1.82) is 0 Å². The third-order valence-electron chi connectivity index (χ3n) is 5.07. The van der Waals surface area contributed by atoms with Crippen LogP contribution in [0.5, 0.6) is 0 Å². The van der Waals surface area contributed by atoms with E-state index in [-0.39, 0.29) is 18.6 Å². The van der Waals surface area contributed by atoms with Crippen molar-refractivity contribution in [2.75, 3.05) is 6.61 Å². The molecule has 0 aliphatic heterocycles. The number of hydrogen-bond acceptors (Lipinski definition) is 2. The molecular formula is C26H39NO2. The monoisotopic (exact) mass is 397 g/mol. The van der Waals surface area contributed by atoms with Crippen LogP contribution in [0.3, 0.4) is 0 Å². The molecule has 2 atom stereocenters. The van der Waals surface area contributed by atoms with Gasteiger partial charge in [0.2, 0.25) is 5.91 Å². The van der Waals surface area contributed by atoms with Crippen molar-refractivity contribution in [2.24, 2.45) is 5.92 Å². The summed E-state index contributed by atoms with van der Waals surface area (Å²) in [4.78, 5) is 11.9. The molecule has 1 aromatic rings. The van der Waals surface area contributed by atoms with Gasteiger partial charge < -0.3 is 10.4 Å². The van der Waals surface area contributed by atoms with Crippen LogP contribution in [0.1, 0.15) is 65.4 Å². The van der Waals surface area contributed by atoms with Gasteiger partial charge in [-0.2, -0.15) is 0 Å². The van der Waals surface area contributed by atoms with Gasteiger partial charge in [0.05, 0.1) is 6.61 Å². The molecule has 1 amide bonds. The van der Waals surface area contributed by atoms with E-state index in [9.17, 15) is 4.79 Å². The molecule has 0 aromatic heterocycles. The van der Waals surface area contributed by atoms with Crippen molar-refractivity contribution < 1.29 is 9.90 Å². The van der Waals surface area contributed by atoms with Crippen LogP contribution in [-0.4, -0.2) is 23.7 Å². The molecule has 0 aliphatic carbocycles. The molecular weight excluding hydrogens is 358 g/mol. The van der Waals surface area contributed by atoms with Gasteiger partial charge >= 0.3 is 0 Å². The highest BCUT2D eigenvalue weighted by Crippen LogP contribution is 2.16. The summed E-state index contributed by atoms with van der Waals surface area (Å²) in [6.07, 6.45) is 15.2. The molecule has 0 aliphatic rings. The van der Waals surface area contributed by atoms with Gasteiger partial charge in [0.15, 0.2) is 0 Å². The molecule has 0 saturated heterocycles. The van der Waals surface area contributed by atoms with Crippen LogP contribution in [0.15, 0.2) is 65.8 Å². The number of amides is 1. The standard InChI is InChI=1S/C26H39NO2/c1-21(12-8-9-19-25-17-6-5-7-18-25)13-10-14-22(2)15-11-16-23(3)26(29)27-24(4)20-28/h5-9,15-18,21,24,28H,10-14,19-20H2,1-4H3,(H,27,29). The maximum Gasteiger partial charge on any atom is 0.246 e. The van der Waals surface area contributed by atoms with E-state index in [1.54, 1.807) is 6.92 Å². The minimum atomic E-state index is -0.210. The van der Waals surface area contributed by atoms with E-state index in [0.717, 1.165) is 25.7 Å². The quantitative estimate of drug-likeness (QED) is 0.328. The lowest BCUT2D eigenvalue weighted by Crippen LogP contribution is -2.35. The van der Waals surface area contributed by atoms with Crippen LogP contribution < -0.4 is 5.32 Å². The van der Waals surface area contributed by atoms with Crippen LogP contribution in [0.4, 0.5) is 0 Å². The third-order valence-corrected chi connectivity index (χ3v) is 5.07. The molecule has 29 heavy (non-hydrogen) atoms. The summed E-state index contributed by atoms with van der Waals surface area (Å²) in [5, 5.41) is 11.8. The highest BCUT2D eigenvalue weighted by molar-refractivity contribution is 5.92. The highest BCUT2D eigenvalue weighted by Gasteiger charge is 2.07. The van der Waals surface area contributed by atoms with E-state index >= 15 is 0 Å². The Labute approximate surface area is 177 Å². The Morgan fingerprint density at radius 2 is 1.83 bits per heavy atom. The number of carbonyl (C=O) groups excluding carboxylic acids is 1. The number of carbonyl (C=O) groups is 1. The van der Waals surface area contributed by atoms with Gasteiger partial charge in [-0.25, -0.2) is 0 Å². The molecule has 0 radical (unpaired) electrons. The van der Waals surface area contributed by atoms with Crippen LogP contribution in [0.2, 0.25) is 0 Å². The fourth-order valence-electron chi connectivity index (χ4n) is 3.02. The number of hydrogen-bond donors (Lipinski definition) is 2. The number of rotatable bonds is 13. The van der Waals surface area contributed by atoms with Gasteiger partial charge in [0.1, 0.15) is 0 Å². The molecule has 160 valence electrons. The zero-order valence-electron chi connectivity index (χ0n) is 18.7. The van der Waals surface area contributed by atoms with Crippen molar-refractivity contribution in [3.05, 3.63) is 71.3 Å². The Balaban J connectivity index is 2.22. The normalized spacial score (nSPS) is 14.8. The van der Waals surface area contributed by atoms with Crippen molar-refractivity contribution in [2.45, 2.75) is 72.3 Å². The molecule has 3 heteroatoms. The third kappa shape index (κ3) is 12.1. The summed E-state index contributed by atoms with van der Waals surface area (Å²) < 4.78 is 0. The number of allylic oxidation sites excluding steroid dienone is 5. The fraction of sp³-hybridized carbons (Fsp3) is 0.500.